The maximum Gasteiger partial charge on any atom is 0.274 e. The molecule has 0 bridgehead atoms. The molecular formula is C21H21N5O2. The van der Waals surface area contributed by atoms with E-state index in [1.165, 1.54) is 19.2 Å². The van der Waals surface area contributed by atoms with Crippen LogP contribution < -0.4 is 15.5 Å². The van der Waals surface area contributed by atoms with Gasteiger partial charge in [-0.25, -0.2) is 9.97 Å². The lowest BCUT2D eigenvalue weighted by molar-refractivity contribution is 0.100. The van der Waals surface area contributed by atoms with Gasteiger partial charge in [-0.3, -0.25) is 9.59 Å². The lowest BCUT2D eigenvalue weighted by atomic mass is 10.1. The number of carbonyl (C=O) groups excluding carboxylic acids is 2. The molecule has 1 aromatic heterocycles. The molecule has 0 aliphatic heterocycles. The van der Waals surface area contributed by atoms with Crippen molar-refractivity contribution in [2.45, 2.75) is 6.92 Å². The molecule has 2 N–H and O–H groups in total. The van der Waals surface area contributed by atoms with Gasteiger partial charge < -0.3 is 15.5 Å². The second-order valence-corrected chi connectivity index (χ2v) is 6.42. The number of aromatic nitrogens is 2. The first-order valence-electron chi connectivity index (χ1n) is 8.72. The lowest BCUT2D eigenvalue weighted by Crippen LogP contribution is -2.15. The van der Waals surface area contributed by atoms with Crippen LogP contribution in [0.2, 0.25) is 0 Å². The van der Waals surface area contributed by atoms with Gasteiger partial charge in [-0.05, 0) is 49.4 Å². The molecule has 0 spiro atoms. The van der Waals surface area contributed by atoms with Crippen molar-refractivity contribution in [1.29, 1.82) is 0 Å². The molecule has 0 radical (unpaired) electrons. The predicted molar refractivity (Wildman–Crippen MR) is 110 cm³/mol. The highest BCUT2D eigenvalue weighted by atomic mass is 16.2. The molecule has 0 atom stereocenters. The smallest absolute Gasteiger partial charge is 0.274 e. The average molecular weight is 375 g/mol. The minimum Gasteiger partial charge on any atom is -0.378 e. The summed E-state index contributed by atoms with van der Waals surface area (Å²) in [5.74, 6) is -0.123. The number of ketones is 1. The van der Waals surface area contributed by atoms with Crippen LogP contribution in [0, 0.1) is 0 Å². The van der Waals surface area contributed by atoms with E-state index in [-0.39, 0.29) is 17.4 Å². The topological polar surface area (TPSA) is 87.2 Å². The second kappa shape index (κ2) is 8.30. The number of hydrogen-bond donors (Lipinski definition) is 2. The Kier molecular flexibility index (Phi) is 5.64. The van der Waals surface area contributed by atoms with E-state index in [1.807, 2.05) is 43.3 Å². The molecule has 0 saturated heterocycles. The second-order valence-electron chi connectivity index (χ2n) is 6.42. The van der Waals surface area contributed by atoms with Crippen molar-refractivity contribution >= 4 is 34.7 Å². The summed E-state index contributed by atoms with van der Waals surface area (Å²) < 4.78 is 0. The van der Waals surface area contributed by atoms with Crippen LogP contribution in [-0.4, -0.2) is 35.8 Å². The summed E-state index contributed by atoms with van der Waals surface area (Å²) in [5, 5.41) is 5.84. The van der Waals surface area contributed by atoms with Crippen LogP contribution in [0.15, 0.2) is 60.8 Å². The number of carbonyl (C=O) groups is 2. The Hall–Kier alpha value is -3.74. The largest absolute Gasteiger partial charge is 0.378 e. The molecular weight excluding hydrogens is 354 g/mol. The van der Waals surface area contributed by atoms with Crippen LogP contribution in [0.25, 0.3) is 0 Å². The Morgan fingerprint density at radius 2 is 1.71 bits per heavy atom. The van der Waals surface area contributed by atoms with Crippen LogP contribution in [0.3, 0.4) is 0 Å². The fourth-order valence-corrected chi connectivity index (χ4v) is 2.53. The first kappa shape index (κ1) is 19.0. The van der Waals surface area contributed by atoms with Crippen molar-refractivity contribution in [3.63, 3.8) is 0 Å². The molecule has 0 aliphatic carbocycles. The number of anilines is 4. The third-order valence-corrected chi connectivity index (χ3v) is 4.06. The van der Waals surface area contributed by atoms with E-state index >= 15 is 0 Å². The number of amides is 1. The SMILES string of the molecule is CC(=O)c1cccc(NC(=O)c2ccnc(Nc3ccc(N(C)C)cc3)n2)c1. The third-order valence-electron chi connectivity index (χ3n) is 4.06. The summed E-state index contributed by atoms with van der Waals surface area (Å²) in [5.41, 5.74) is 3.18. The maximum absolute atomic E-state index is 12.5. The molecule has 0 unspecified atom stereocenters. The molecule has 1 amide bonds. The van der Waals surface area contributed by atoms with E-state index in [9.17, 15) is 9.59 Å². The Morgan fingerprint density at radius 3 is 2.39 bits per heavy atom. The summed E-state index contributed by atoms with van der Waals surface area (Å²) in [6, 6.07) is 16.1. The number of benzene rings is 2. The first-order valence-corrected chi connectivity index (χ1v) is 8.72. The number of rotatable bonds is 6. The summed E-state index contributed by atoms with van der Waals surface area (Å²) in [6.45, 7) is 1.48. The first-order chi connectivity index (χ1) is 13.4. The van der Waals surface area contributed by atoms with Crippen molar-refractivity contribution in [2.24, 2.45) is 0 Å². The van der Waals surface area contributed by atoms with Crippen molar-refractivity contribution in [3.05, 3.63) is 72.1 Å². The van der Waals surface area contributed by atoms with Crippen molar-refractivity contribution in [3.8, 4) is 0 Å². The van der Waals surface area contributed by atoms with Crippen molar-refractivity contribution in [1.82, 2.24) is 9.97 Å². The molecule has 7 heteroatoms. The zero-order valence-electron chi connectivity index (χ0n) is 15.9. The number of nitrogens with zero attached hydrogens (tertiary/aromatic N) is 3. The van der Waals surface area contributed by atoms with Gasteiger partial charge >= 0.3 is 0 Å². The molecule has 3 aromatic rings. The molecule has 3 rings (SSSR count). The molecule has 0 aliphatic rings. The highest BCUT2D eigenvalue weighted by Gasteiger charge is 2.10. The van der Waals surface area contributed by atoms with Gasteiger partial charge in [-0.2, -0.15) is 0 Å². The Morgan fingerprint density at radius 1 is 0.964 bits per heavy atom. The van der Waals surface area contributed by atoms with E-state index in [0.717, 1.165) is 11.4 Å². The number of nitrogens with one attached hydrogen (secondary N) is 2. The van der Waals surface area contributed by atoms with Gasteiger partial charge in [0.05, 0.1) is 0 Å². The maximum atomic E-state index is 12.5. The molecule has 142 valence electrons. The van der Waals surface area contributed by atoms with E-state index in [2.05, 4.69) is 20.6 Å². The monoisotopic (exact) mass is 375 g/mol. The average Bonchev–Trinajstić information content (AvgIpc) is 2.69. The fraction of sp³-hybridized carbons (Fsp3) is 0.143. The van der Waals surface area contributed by atoms with E-state index < -0.39 is 0 Å². The fourth-order valence-electron chi connectivity index (χ4n) is 2.53. The Bertz CT molecular complexity index is 1000. The van der Waals surface area contributed by atoms with Gasteiger partial charge in [0.1, 0.15) is 5.69 Å². The van der Waals surface area contributed by atoms with Gasteiger partial charge in [0.2, 0.25) is 5.95 Å². The minimum absolute atomic E-state index is 0.0649. The normalized spacial score (nSPS) is 10.2. The van der Waals surface area contributed by atoms with Crippen LogP contribution in [0.4, 0.5) is 23.0 Å². The molecule has 1 heterocycles. The highest BCUT2D eigenvalue weighted by Crippen LogP contribution is 2.18. The third kappa shape index (κ3) is 4.70. The Balaban J connectivity index is 1.72. The van der Waals surface area contributed by atoms with Gasteiger partial charge in [-0.15, -0.1) is 0 Å². The predicted octanol–water partition coefficient (Wildman–Crippen LogP) is 3.74. The summed E-state index contributed by atoms with van der Waals surface area (Å²) >= 11 is 0. The molecule has 7 nitrogen and oxygen atoms in total. The molecule has 0 saturated carbocycles. The van der Waals surface area contributed by atoms with Crippen LogP contribution in [0.5, 0.6) is 0 Å². The van der Waals surface area contributed by atoms with Crippen molar-refractivity contribution in [2.75, 3.05) is 29.6 Å². The van der Waals surface area contributed by atoms with Gasteiger partial charge in [-0.1, -0.05) is 12.1 Å². The zero-order valence-corrected chi connectivity index (χ0v) is 15.9. The van der Waals surface area contributed by atoms with Gasteiger partial charge in [0.25, 0.3) is 5.91 Å². The van der Waals surface area contributed by atoms with E-state index in [0.29, 0.717) is 17.2 Å². The number of hydrogen-bond acceptors (Lipinski definition) is 6. The van der Waals surface area contributed by atoms with Gasteiger partial charge in [0, 0.05) is 42.9 Å². The van der Waals surface area contributed by atoms with Gasteiger partial charge in [0.15, 0.2) is 5.78 Å². The summed E-state index contributed by atoms with van der Waals surface area (Å²) in [6.07, 6.45) is 1.52. The lowest BCUT2D eigenvalue weighted by Gasteiger charge is -2.13. The minimum atomic E-state index is -0.380. The number of Topliss-reactive ketones (excluding diaryl/α,β-unsaturated/α-hetero) is 1. The molecule has 28 heavy (non-hydrogen) atoms. The van der Waals surface area contributed by atoms with Crippen LogP contribution in [0.1, 0.15) is 27.8 Å². The quantitative estimate of drug-likeness (QED) is 0.638. The molecule has 0 fully saturated rings. The van der Waals surface area contributed by atoms with Crippen LogP contribution >= 0.6 is 0 Å². The Labute approximate surface area is 163 Å². The highest BCUT2D eigenvalue weighted by molar-refractivity contribution is 6.04. The summed E-state index contributed by atoms with van der Waals surface area (Å²) in [4.78, 5) is 34.4. The van der Waals surface area contributed by atoms with E-state index in [4.69, 9.17) is 0 Å². The zero-order chi connectivity index (χ0) is 20.1. The summed E-state index contributed by atoms with van der Waals surface area (Å²) in [7, 11) is 3.94. The standard InChI is InChI=1S/C21H21N5O2/c1-14(27)15-5-4-6-17(13-15)23-20(28)19-11-12-22-21(25-19)24-16-7-9-18(10-8-16)26(2)3/h4-13H,1-3H3,(H,23,28)(H,22,24,25). The van der Waals surface area contributed by atoms with E-state index in [1.54, 1.807) is 24.3 Å². The van der Waals surface area contributed by atoms with Crippen LogP contribution in [-0.2, 0) is 0 Å². The van der Waals surface area contributed by atoms with Crippen molar-refractivity contribution < 1.29 is 9.59 Å². The molecule has 2 aromatic carbocycles.